The first-order chi connectivity index (χ1) is 14.2. The standard InChI is InChI=1S/C22H21N5O2/c1-26-12-4-7-18(26)20-24-21(29-25-20)16-9-13-27(14-10-16)22(28)19-17-6-3-2-5-15(17)8-11-23-19/h2-8,11-12,16H,9-10,13-14H2,1H3. The topological polar surface area (TPSA) is 77.0 Å². The molecule has 146 valence electrons. The maximum absolute atomic E-state index is 13.1. The second-order valence-electron chi connectivity index (χ2n) is 7.41. The molecule has 3 aromatic heterocycles. The second-order valence-corrected chi connectivity index (χ2v) is 7.41. The summed E-state index contributed by atoms with van der Waals surface area (Å²) >= 11 is 0. The zero-order valence-electron chi connectivity index (χ0n) is 16.2. The van der Waals surface area contributed by atoms with Crippen molar-refractivity contribution in [3.05, 3.63) is 66.4 Å². The van der Waals surface area contributed by atoms with Crippen LogP contribution in [0.1, 0.15) is 35.1 Å². The largest absolute Gasteiger partial charge is 0.348 e. The summed E-state index contributed by atoms with van der Waals surface area (Å²) in [5.74, 6) is 1.40. The highest BCUT2D eigenvalue weighted by atomic mass is 16.5. The van der Waals surface area contributed by atoms with Crippen LogP contribution < -0.4 is 0 Å². The minimum absolute atomic E-state index is 0.0183. The Bertz CT molecular complexity index is 1170. The normalized spacial score (nSPS) is 15.1. The fraction of sp³-hybridized carbons (Fsp3) is 0.273. The van der Waals surface area contributed by atoms with Crippen molar-refractivity contribution in [2.75, 3.05) is 13.1 Å². The molecule has 1 aliphatic heterocycles. The van der Waals surface area contributed by atoms with Crippen LogP contribution in [-0.4, -0.2) is 43.6 Å². The average Bonchev–Trinajstić information content (AvgIpc) is 3.42. The molecule has 0 aliphatic carbocycles. The molecular formula is C22H21N5O2. The SMILES string of the molecule is Cn1cccc1-c1noc(C2CCN(C(=O)c3nccc4ccccc34)CC2)n1. The Kier molecular flexibility index (Phi) is 4.35. The molecule has 5 rings (SSSR count). The molecule has 1 aliphatic rings. The van der Waals surface area contributed by atoms with E-state index in [9.17, 15) is 4.79 Å². The van der Waals surface area contributed by atoms with Crippen LogP contribution in [-0.2, 0) is 7.05 Å². The van der Waals surface area contributed by atoms with Gasteiger partial charge in [-0.3, -0.25) is 9.78 Å². The van der Waals surface area contributed by atoms with E-state index in [1.807, 2.05) is 65.2 Å². The zero-order valence-corrected chi connectivity index (χ0v) is 16.2. The van der Waals surface area contributed by atoms with Crippen molar-refractivity contribution < 1.29 is 9.32 Å². The van der Waals surface area contributed by atoms with Gasteiger partial charge in [0.15, 0.2) is 0 Å². The number of rotatable bonds is 3. The van der Waals surface area contributed by atoms with Crippen molar-refractivity contribution in [2.24, 2.45) is 7.05 Å². The van der Waals surface area contributed by atoms with Crippen molar-refractivity contribution in [3.8, 4) is 11.5 Å². The molecular weight excluding hydrogens is 366 g/mol. The zero-order chi connectivity index (χ0) is 19.8. The summed E-state index contributed by atoms with van der Waals surface area (Å²) in [5.41, 5.74) is 1.44. The number of benzene rings is 1. The number of hydrogen-bond donors (Lipinski definition) is 0. The highest BCUT2D eigenvalue weighted by Crippen LogP contribution is 2.29. The molecule has 1 fully saturated rings. The Morgan fingerprint density at radius 2 is 1.93 bits per heavy atom. The number of hydrogen-bond acceptors (Lipinski definition) is 5. The summed E-state index contributed by atoms with van der Waals surface area (Å²) in [6.45, 7) is 1.30. The van der Waals surface area contributed by atoms with Crippen LogP contribution in [0.2, 0.25) is 0 Å². The molecule has 1 saturated heterocycles. The monoisotopic (exact) mass is 387 g/mol. The molecule has 1 amide bonds. The van der Waals surface area contributed by atoms with E-state index in [0.717, 1.165) is 29.3 Å². The summed E-state index contributed by atoms with van der Waals surface area (Å²) < 4.78 is 7.50. The Labute approximate surface area is 168 Å². The Morgan fingerprint density at radius 3 is 2.72 bits per heavy atom. The lowest BCUT2D eigenvalue weighted by atomic mass is 9.96. The van der Waals surface area contributed by atoms with Gasteiger partial charge in [0, 0.05) is 43.8 Å². The Hall–Kier alpha value is -3.48. The fourth-order valence-electron chi connectivity index (χ4n) is 3.97. The van der Waals surface area contributed by atoms with Gasteiger partial charge in [0.1, 0.15) is 5.69 Å². The molecule has 7 nitrogen and oxygen atoms in total. The number of nitrogens with zero attached hydrogens (tertiary/aromatic N) is 5. The van der Waals surface area contributed by atoms with Crippen LogP contribution in [0.4, 0.5) is 0 Å². The summed E-state index contributed by atoms with van der Waals surface area (Å²) in [6.07, 6.45) is 5.25. The molecule has 29 heavy (non-hydrogen) atoms. The van der Waals surface area contributed by atoms with Crippen LogP contribution in [0.25, 0.3) is 22.3 Å². The van der Waals surface area contributed by atoms with Crippen LogP contribution >= 0.6 is 0 Å². The van der Waals surface area contributed by atoms with E-state index in [0.29, 0.717) is 30.5 Å². The third kappa shape index (κ3) is 3.18. The van der Waals surface area contributed by atoms with Crippen LogP contribution in [0, 0.1) is 0 Å². The summed E-state index contributed by atoms with van der Waals surface area (Å²) in [6, 6.07) is 13.7. The van der Waals surface area contributed by atoms with Crippen LogP contribution in [0.3, 0.4) is 0 Å². The van der Waals surface area contributed by atoms with Gasteiger partial charge in [0.25, 0.3) is 5.91 Å². The van der Waals surface area contributed by atoms with Crippen molar-refractivity contribution in [2.45, 2.75) is 18.8 Å². The summed E-state index contributed by atoms with van der Waals surface area (Å²) in [7, 11) is 1.96. The number of aryl methyl sites for hydroxylation is 1. The lowest BCUT2D eigenvalue weighted by Gasteiger charge is -2.30. The quantitative estimate of drug-likeness (QED) is 0.536. The second kappa shape index (κ2) is 7.16. The van der Waals surface area contributed by atoms with Gasteiger partial charge in [0.2, 0.25) is 11.7 Å². The molecule has 4 aromatic rings. The number of aromatic nitrogens is 4. The van der Waals surface area contributed by atoms with Crippen molar-refractivity contribution >= 4 is 16.7 Å². The maximum Gasteiger partial charge on any atom is 0.273 e. The minimum atomic E-state index is -0.0183. The van der Waals surface area contributed by atoms with Crippen molar-refractivity contribution in [1.29, 1.82) is 0 Å². The highest BCUT2D eigenvalue weighted by molar-refractivity contribution is 6.05. The molecule has 0 N–H and O–H groups in total. The number of amides is 1. The maximum atomic E-state index is 13.1. The molecule has 0 radical (unpaired) electrons. The predicted octanol–water partition coefficient (Wildman–Crippen LogP) is 3.64. The van der Waals surface area contributed by atoms with Gasteiger partial charge >= 0.3 is 0 Å². The molecule has 0 unspecified atom stereocenters. The van der Waals surface area contributed by atoms with E-state index in [1.165, 1.54) is 0 Å². The molecule has 0 spiro atoms. The van der Waals surface area contributed by atoms with Gasteiger partial charge in [-0.25, -0.2) is 0 Å². The number of piperidine rings is 1. The van der Waals surface area contributed by atoms with Gasteiger partial charge < -0.3 is 14.0 Å². The molecule has 0 bridgehead atoms. The van der Waals surface area contributed by atoms with E-state index in [4.69, 9.17) is 4.52 Å². The molecule has 1 aromatic carbocycles. The minimum Gasteiger partial charge on any atom is -0.348 e. The summed E-state index contributed by atoms with van der Waals surface area (Å²) in [5, 5.41) is 6.06. The lowest BCUT2D eigenvalue weighted by molar-refractivity contribution is 0.0701. The van der Waals surface area contributed by atoms with Crippen molar-refractivity contribution in [3.63, 3.8) is 0 Å². The highest BCUT2D eigenvalue weighted by Gasteiger charge is 2.29. The van der Waals surface area contributed by atoms with Crippen molar-refractivity contribution in [1.82, 2.24) is 24.6 Å². The Balaban J connectivity index is 1.30. The Morgan fingerprint density at radius 1 is 1.10 bits per heavy atom. The molecule has 0 saturated carbocycles. The number of fused-ring (bicyclic) bond motifs is 1. The first kappa shape index (κ1) is 17.6. The lowest BCUT2D eigenvalue weighted by Crippen LogP contribution is -2.38. The van der Waals surface area contributed by atoms with Gasteiger partial charge in [-0.1, -0.05) is 29.4 Å². The molecule has 4 heterocycles. The van der Waals surface area contributed by atoms with Crippen LogP contribution in [0.15, 0.2) is 59.4 Å². The van der Waals surface area contributed by atoms with E-state index in [-0.39, 0.29) is 11.8 Å². The predicted molar refractivity (Wildman–Crippen MR) is 108 cm³/mol. The number of likely N-dealkylation sites (tertiary alicyclic amines) is 1. The van der Waals surface area contributed by atoms with Gasteiger partial charge in [0.05, 0.1) is 5.69 Å². The number of carbonyl (C=O) groups excluding carboxylic acids is 1. The average molecular weight is 387 g/mol. The van der Waals surface area contributed by atoms with Gasteiger partial charge in [-0.05, 0) is 36.4 Å². The van der Waals surface area contributed by atoms with Gasteiger partial charge in [-0.2, -0.15) is 4.98 Å². The van der Waals surface area contributed by atoms with E-state index < -0.39 is 0 Å². The van der Waals surface area contributed by atoms with Crippen LogP contribution in [0.5, 0.6) is 0 Å². The third-order valence-corrected chi connectivity index (χ3v) is 5.62. The summed E-state index contributed by atoms with van der Waals surface area (Å²) in [4.78, 5) is 23.9. The van der Waals surface area contributed by atoms with E-state index in [1.54, 1.807) is 6.20 Å². The van der Waals surface area contributed by atoms with E-state index >= 15 is 0 Å². The first-order valence-electron chi connectivity index (χ1n) is 9.79. The smallest absolute Gasteiger partial charge is 0.273 e. The number of carbonyl (C=O) groups is 1. The fourth-order valence-corrected chi connectivity index (χ4v) is 3.97. The third-order valence-electron chi connectivity index (χ3n) is 5.62. The van der Waals surface area contributed by atoms with Gasteiger partial charge in [-0.15, -0.1) is 0 Å². The van der Waals surface area contributed by atoms with E-state index in [2.05, 4.69) is 15.1 Å². The molecule has 0 atom stereocenters. The number of pyridine rings is 1. The first-order valence-corrected chi connectivity index (χ1v) is 9.79. The molecule has 7 heteroatoms.